The summed E-state index contributed by atoms with van der Waals surface area (Å²) in [5, 5.41) is 0.329. The van der Waals surface area contributed by atoms with Crippen molar-refractivity contribution >= 4 is 17.4 Å². The summed E-state index contributed by atoms with van der Waals surface area (Å²) in [6.45, 7) is 1.37. The van der Waals surface area contributed by atoms with Gasteiger partial charge in [0, 0.05) is 18.8 Å². The molecule has 0 amide bonds. The largest absolute Gasteiger partial charge is 0.351 e. The van der Waals surface area contributed by atoms with Crippen LogP contribution in [0.3, 0.4) is 0 Å². The van der Waals surface area contributed by atoms with Gasteiger partial charge in [0.05, 0.1) is 5.02 Å². The Bertz CT molecular complexity index is 368. The first kappa shape index (κ1) is 11.6. The summed E-state index contributed by atoms with van der Waals surface area (Å²) in [6.07, 6.45) is 4.54. The van der Waals surface area contributed by atoms with Gasteiger partial charge in [0.25, 0.3) is 0 Å². The number of pyridine rings is 1. The molecule has 1 aromatic rings. The molecule has 0 aromatic carbocycles. The highest BCUT2D eigenvalue weighted by atomic mass is 35.5. The minimum atomic E-state index is -0.351. The summed E-state index contributed by atoms with van der Waals surface area (Å²) in [5.74, 6) is 0.0526. The van der Waals surface area contributed by atoms with Crippen LogP contribution in [0.1, 0.15) is 19.3 Å². The highest BCUT2D eigenvalue weighted by Gasteiger charge is 2.31. The van der Waals surface area contributed by atoms with E-state index in [9.17, 15) is 4.39 Å². The Kier molecular flexibility index (Phi) is 3.61. The molecule has 1 aliphatic carbocycles. The van der Waals surface area contributed by atoms with Crippen molar-refractivity contribution in [1.29, 1.82) is 0 Å². The minimum Gasteiger partial charge on any atom is -0.351 e. The van der Waals surface area contributed by atoms with Crippen molar-refractivity contribution in [2.75, 3.05) is 18.0 Å². The Morgan fingerprint density at radius 3 is 2.88 bits per heavy atom. The molecule has 0 unspecified atom stereocenters. The lowest BCUT2D eigenvalue weighted by Gasteiger charge is -2.23. The Labute approximate surface area is 99.4 Å². The molecular formula is C11H15ClFN3. The van der Waals surface area contributed by atoms with Crippen molar-refractivity contribution in [2.24, 2.45) is 5.73 Å². The van der Waals surface area contributed by atoms with E-state index in [0.29, 0.717) is 23.4 Å². The Hall–Kier alpha value is -0.870. The number of halogens is 2. The fourth-order valence-electron chi connectivity index (χ4n) is 1.73. The number of hydrogen-bond acceptors (Lipinski definition) is 3. The van der Waals surface area contributed by atoms with Crippen LogP contribution < -0.4 is 10.6 Å². The zero-order valence-electron chi connectivity index (χ0n) is 9.00. The molecule has 5 heteroatoms. The molecule has 0 bridgehead atoms. The molecule has 0 radical (unpaired) electrons. The number of aromatic nitrogens is 1. The van der Waals surface area contributed by atoms with E-state index in [1.54, 1.807) is 0 Å². The maximum absolute atomic E-state index is 13.7. The average Bonchev–Trinajstić information content (AvgIpc) is 3.05. The fraction of sp³-hybridized carbons (Fsp3) is 0.545. The van der Waals surface area contributed by atoms with Crippen molar-refractivity contribution in [2.45, 2.75) is 25.3 Å². The SMILES string of the molecule is NCCCN(c1ncc(Cl)cc1F)C1CC1. The predicted octanol–water partition coefficient (Wildman–Crippen LogP) is 2.19. The third kappa shape index (κ3) is 2.62. The van der Waals surface area contributed by atoms with Gasteiger partial charge in [-0.15, -0.1) is 0 Å². The third-order valence-electron chi connectivity index (χ3n) is 2.65. The number of nitrogens with two attached hydrogens (primary N) is 1. The summed E-state index contributed by atoms with van der Waals surface area (Å²) in [4.78, 5) is 6.07. The zero-order chi connectivity index (χ0) is 11.5. The van der Waals surface area contributed by atoms with E-state index in [2.05, 4.69) is 4.98 Å². The van der Waals surface area contributed by atoms with Crippen LogP contribution in [0.5, 0.6) is 0 Å². The maximum atomic E-state index is 13.7. The first-order valence-corrected chi connectivity index (χ1v) is 5.88. The van der Waals surface area contributed by atoms with Gasteiger partial charge in [0.15, 0.2) is 11.6 Å². The van der Waals surface area contributed by atoms with Crippen LogP contribution in [-0.4, -0.2) is 24.1 Å². The molecule has 16 heavy (non-hydrogen) atoms. The minimum absolute atomic E-state index is 0.329. The van der Waals surface area contributed by atoms with E-state index < -0.39 is 0 Å². The lowest BCUT2D eigenvalue weighted by molar-refractivity contribution is 0.603. The smallest absolute Gasteiger partial charge is 0.167 e. The Balaban J connectivity index is 2.17. The zero-order valence-corrected chi connectivity index (χ0v) is 9.75. The van der Waals surface area contributed by atoms with Crippen molar-refractivity contribution in [3.05, 3.63) is 23.1 Å². The van der Waals surface area contributed by atoms with Crippen molar-refractivity contribution in [1.82, 2.24) is 4.98 Å². The number of hydrogen-bond donors (Lipinski definition) is 1. The van der Waals surface area contributed by atoms with Gasteiger partial charge in [-0.05, 0) is 31.9 Å². The van der Waals surface area contributed by atoms with E-state index in [1.165, 1.54) is 12.3 Å². The van der Waals surface area contributed by atoms with Gasteiger partial charge in [-0.1, -0.05) is 11.6 Å². The van der Waals surface area contributed by atoms with Gasteiger partial charge < -0.3 is 10.6 Å². The van der Waals surface area contributed by atoms with E-state index in [1.807, 2.05) is 4.90 Å². The molecule has 1 fully saturated rings. The van der Waals surface area contributed by atoms with Gasteiger partial charge >= 0.3 is 0 Å². The lowest BCUT2D eigenvalue weighted by Crippen LogP contribution is -2.30. The molecule has 1 heterocycles. The molecule has 0 aliphatic heterocycles. The fourth-order valence-corrected chi connectivity index (χ4v) is 1.87. The molecule has 1 aromatic heterocycles. The molecule has 2 rings (SSSR count). The predicted molar refractivity (Wildman–Crippen MR) is 63.2 cm³/mol. The molecule has 3 nitrogen and oxygen atoms in total. The molecular weight excluding hydrogens is 229 g/mol. The van der Waals surface area contributed by atoms with Crippen LogP contribution in [-0.2, 0) is 0 Å². The van der Waals surface area contributed by atoms with E-state index in [-0.39, 0.29) is 5.82 Å². The molecule has 1 saturated carbocycles. The van der Waals surface area contributed by atoms with Crippen LogP contribution >= 0.6 is 11.6 Å². The average molecular weight is 244 g/mol. The first-order valence-electron chi connectivity index (χ1n) is 5.50. The summed E-state index contributed by atoms with van der Waals surface area (Å²) in [5.41, 5.74) is 5.48. The van der Waals surface area contributed by atoms with Gasteiger partial charge in [-0.3, -0.25) is 0 Å². The monoisotopic (exact) mass is 243 g/mol. The van der Waals surface area contributed by atoms with Gasteiger partial charge in [0.1, 0.15) is 0 Å². The van der Waals surface area contributed by atoms with Crippen molar-refractivity contribution in [3.8, 4) is 0 Å². The quantitative estimate of drug-likeness (QED) is 0.862. The summed E-state index contributed by atoms with van der Waals surface area (Å²) >= 11 is 5.68. The number of anilines is 1. The first-order chi connectivity index (χ1) is 7.72. The standard InChI is InChI=1S/C11H15ClFN3/c12-8-6-10(13)11(15-7-8)16(5-1-4-14)9-2-3-9/h6-7,9H,1-5,14H2. The van der Waals surface area contributed by atoms with Crippen LogP contribution in [0.25, 0.3) is 0 Å². The summed E-state index contributed by atoms with van der Waals surface area (Å²) in [6, 6.07) is 1.73. The van der Waals surface area contributed by atoms with Crippen LogP contribution in [0, 0.1) is 5.82 Å². The second-order valence-corrected chi connectivity index (χ2v) is 4.46. The molecule has 2 N–H and O–H groups in total. The lowest BCUT2D eigenvalue weighted by atomic mass is 10.3. The second kappa shape index (κ2) is 4.97. The summed E-state index contributed by atoms with van der Waals surface area (Å²) in [7, 11) is 0. The normalized spacial score (nSPS) is 15.2. The second-order valence-electron chi connectivity index (χ2n) is 4.03. The van der Waals surface area contributed by atoms with E-state index in [4.69, 9.17) is 17.3 Å². The summed E-state index contributed by atoms with van der Waals surface area (Å²) < 4.78 is 13.7. The van der Waals surface area contributed by atoms with E-state index in [0.717, 1.165) is 25.8 Å². The molecule has 0 saturated heterocycles. The van der Waals surface area contributed by atoms with Crippen molar-refractivity contribution < 1.29 is 4.39 Å². The number of rotatable bonds is 5. The van der Waals surface area contributed by atoms with Crippen LogP contribution in [0.15, 0.2) is 12.3 Å². The Morgan fingerprint density at radius 1 is 1.56 bits per heavy atom. The van der Waals surface area contributed by atoms with Crippen LogP contribution in [0.4, 0.5) is 10.2 Å². The van der Waals surface area contributed by atoms with Gasteiger partial charge in [0.2, 0.25) is 0 Å². The maximum Gasteiger partial charge on any atom is 0.167 e. The van der Waals surface area contributed by atoms with Gasteiger partial charge in [-0.2, -0.15) is 0 Å². The van der Waals surface area contributed by atoms with E-state index >= 15 is 0 Å². The van der Waals surface area contributed by atoms with Gasteiger partial charge in [-0.25, -0.2) is 9.37 Å². The Morgan fingerprint density at radius 2 is 2.31 bits per heavy atom. The van der Waals surface area contributed by atoms with Crippen molar-refractivity contribution in [3.63, 3.8) is 0 Å². The highest BCUT2D eigenvalue weighted by molar-refractivity contribution is 6.30. The molecule has 0 atom stereocenters. The topological polar surface area (TPSA) is 42.1 Å². The molecule has 1 aliphatic rings. The molecule has 0 spiro atoms. The highest BCUT2D eigenvalue weighted by Crippen LogP contribution is 2.32. The molecule has 88 valence electrons. The van der Waals surface area contributed by atoms with Crippen LogP contribution in [0.2, 0.25) is 5.02 Å². The third-order valence-corrected chi connectivity index (χ3v) is 2.86. The number of nitrogens with zero attached hydrogens (tertiary/aromatic N) is 2.